The highest BCUT2D eigenvalue weighted by molar-refractivity contribution is 6.10. The van der Waals surface area contributed by atoms with E-state index in [1.54, 1.807) is 18.3 Å². The average Bonchev–Trinajstić information content (AvgIpc) is 3.09. The van der Waals surface area contributed by atoms with Crippen LogP contribution in [0.4, 0.5) is 0 Å². The van der Waals surface area contributed by atoms with Gasteiger partial charge >= 0.3 is 0 Å². The van der Waals surface area contributed by atoms with Crippen LogP contribution >= 0.6 is 0 Å². The largest absolute Gasteiger partial charge is 0.455 e. The summed E-state index contributed by atoms with van der Waals surface area (Å²) >= 11 is 0. The number of pyridine rings is 1. The molecule has 0 aliphatic heterocycles. The number of hydrogen-bond acceptors (Lipinski definition) is 1. The molecule has 0 N–H and O–H groups in total. The van der Waals surface area contributed by atoms with Crippen LogP contribution in [0.2, 0.25) is 0 Å². The molecule has 2 nitrogen and oxygen atoms in total. The third-order valence-electron chi connectivity index (χ3n) is 4.87. The fourth-order valence-electron chi connectivity index (χ4n) is 3.69. The van der Waals surface area contributed by atoms with Crippen molar-refractivity contribution in [2.45, 2.75) is 47.8 Å². The average molecular weight is 381 g/mol. The van der Waals surface area contributed by atoms with Crippen LogP contribution in [-0.4, -0.2) is 0 Å². The van der Waals surface area contributed by atoms with E-state index < -0.39 is 25.5 Å². The number of aromatic nitrogens is 1. The van der Waals surface area contributed by atoms with E-state index in [1.165, 1.54) is 12.1 Å². The second-order valence-electron chi connectivity index (χ2n) is 8.42. The Balaban J connectivity index is 2.11. The quantitative estimate of drug-likeness (QED) is 0.358. The molecule has 4 aromatic rings. The maximum atomic E-state index is 8.75. The summed E-state index contributed by atoms with van der Waals surface area (Å²) < 4.78 is 73.3. The van der Waals surface area contributed by atoms with Crippen molar-refractivity contribution in [1.29, 1.82) is 0 Å². The van der Waals surface area contributed by atoms with E-state index in [2.05, 4.69) is 0 Å². The SMILES string of the molecule is [2H]C([2H])([2H])c1cc(C([2H])([2H])[2H])c2oc3c(-c4cc(C([2H])([2H])C(C)(C)C)cc[n+]4C)c(C)ccc3c2c1. The molecule has 4 rings (SSSR count). The fraction of sp³-hybridized carbons (Fsp3) is 0.346. The van der Waals surface area contributed by atoms with Crippen LogP contribution < -0.4 is 4.57 Å². The number of rotatable bonds is 2. The normalized spacial score (nSPS) is 17.9. The van der Waals surface area contributed by atoms with E-state index in [0.717, 1.165) is 5.56 Å². The van der Waals surface area contributed by atoms with Crippen molar-refractivity contribution in [3.05, 3.63) is 64.8 Å². The van der Waals surface area contributed by atoms with E-state index in [0.29, 0.717) is 33.2 Å². The number of aryl methyl sites for hydroxylation is 4. The van der Waals surface area contributed by atoms with Gasteiger partial charge in [0.05, 0.1) is 5.56 Å². The van der Waals surface area contributed by atoms with E-state index >= 15 is 0 Å². The first-order chi connectivity index (χ1) is 16.3. The molecule has 0 unspecified atom stereocenters. The molecular weight excluding hydrogens is 342 g/mol. The Kier molecular flexibility index (Phi) is 2.64. The van der Waals surface area contributed by atoms with Gasteiger partial charge in [-0.05, 0) is 60.7 Å². The zero-order valence-corrected chi connectivity index (χ0v) is 16.9. The number of benzene rings is 2. The molecule has 0 atom stereocenters. The van der Waals surface area contributed by atoms with E-state index in [-0.39, 0.29) is 16.7 Å². The molecule has 0 fully saturated rings. The van der Waals surface area contributed by atoms with Gasteiger partial charge in [0.15, 0.2) is 6.20 Å². The van der Waals surface area contributed by atoms with Gasteiger partial charge in [0.2, 0.25) is 5.69 Å². The van der Waals surface area contributed by atoms with Crippen molar-refractivity contribution >= 4 is 21.9 Å². The topological polar surface area (TPSA) is 17.0 Å². The minimum atomic E-state index is -2.57. The molecule has 0 saturated heterocycles. The van der Waals surface area contributed by atoms with E-state index in [1.807, 2.05) is 51.4 Å². The Morgan fingerprint density at radius 3 is 2.54 bits per heavy atom. The van der Waals surface area contributed by atoms with E-state index in [4.69, 9.17) is 15.4 Å². The summed E-state index contributed by atoms with van der Waals surface area (Å²) in [5.74, 6) is 0. The Hall–Kier alpha value is -2.61. The van der Waals surface area contributed by atoms with Crippen molar-refractivity contribution in [1.82, 2.24) is 0 Å². The highest BCUT2D eigenvalue weighted by Crippen LogP contribution is 2.38. The van der Waals surface area contributed by atoms with Crippen LogP contribution in [0.1, 0.15) is 54.0 Å². The molecule has 28 heavy (non-hydrogen) atoms. The van der Waals surface area contributed by atoms with Gasteiger partial charge in [-0.15, -0.1) is 0 Å². The zero-order chi connectivity index (χ0) is 27.0. The van der Waals surface area contributed by atoms with Crippen LogP contribution in [0.15, 0.2) is 47.0 Å². The van der Waals surface area contributed by atoms with Gasteiger partial charge in [0, 0.05) is 33.9 Å². The summed E-state index contributed by atoms with van der Waals surface area (Å²) in [5.41, 5.74) is 2.49. The maximum absolute atomic E-state index is 8.75. The minimum absolute atomic E-state index is 0.0584. The molecule has 0 bridgehead atoms. The molecule has 2 aromatic carbocycles. The molecule has 0 radical (unpaired) electrons. The Bertz CT molecular complexity index is 1490. The lowest BCUT2D eigenvalue weighted by molar-refractivity contribution is -0.660. The molecule has 2 heteroatoms. The van der Waals surface area contributed by atoms with Crippen LogP contribution in [0.5, 0.6) is 0 Å². The first kappa shape index (κ1) is 11.4. The first-order valence-electron chi connectivity index (χ1n) is 13.4. The van der Waals surface area contributed by atoms with Gasteiger partial charge in [0.25, 0.3) is 0 Å². The summed E-state index contributed by atoms with van der Waals surface area (Å²) in [4.78, 5) is 0. The lowest BCUT2D eigenvalue weighted by Crippen LogP contribution is -2.31. The van der Waals surface area contributed by atoms with Crippen molar-refractivity contribution in [2.75, 3.05) is 0 Å². The monoisotopic (exact) mass is 380 g/mol. The first-order valence-corrected chi connectivity index (χ1v) is 9.35. The van der Waals surface area contributed by atoms with Crippen LogP contribution in [0.3, 0.4) is 0 Å². The molecular formula is C26H30NO+. The molecule has 0 saturated carbocycles. The molecule has 144 valence electrons. The second kappa shape index (κ2) is 6.48. The standard InChI is InChI=1S/C26H30NO/c1-16-12-18(3)24-21(13-16)20-9-8-17(2)23(25(20)28-24)22-14-19(10-11-27(22)7)15-26(4,5)6/h8-14H,15H2,1-7H3/q+1/i1D3,3D3,15D2. The maximum Gasteiger partial charge on any atom is 0.216 e. The zero-order valence-electron chi connectivity index (χ0n) is 24.9. The lowest BCUT2D eigenvalue weighted by atomic mass is 9.88. The Labute approximate surface area is 179 Å². The van der Waals surface area contributed by atoms with Crippen LogP contribution in [0.25, 0.3) is 33.2 Å². The Morgan fingerprint density at radius 2 is 1.82 bits per heavy atom. The van der Waals surface area contributed by atoms with E-state index in [9.17, 15) is 0 Å². The number of nitrogens with zero attached hydrogens (tertiary/aromatic N) is 1. The highest BCUT2D eigenvalue weighted by Gasteiger charge is 2.22. The van der Waals surface area contributed by atoms with Gasteiger partial charge in [-0.25, -0.2) is 4.57 Å². The third-order valence-corrected chi connectivity index (χ3v) is 4.87. The molecule has 0 aliphatic carbocycles. The lowest BCUT2D eigenvalue weighted by Gasteiger charge is -2.18. The smallest absolute Gasteiger partial charge is 0.216 e. The Morgan fingerprint density at radius 1 is 1.00 bits per heavy atom. The summed E-state index contributed by atoms with van der Waals surface area (Å²) in [6.07, 6.45) is 0.185. The van der Waals surface area contributed by atoms with Gasteiger partial charge in [-0.2, -0.15) is 0 Å². The van der Waals surface area contributed by atoms with Crippen molar-refractivity contribution in [2.24, 2.45) is 12.5 Å². The summed E-state index contributed by atoms with van der Waals surface area (Å²) in [6.45, 7) is 2.41. The summed E-state index contributed by atoms with van der Waals surface area (Å²) in [5, 5.41) is 1.03. The predicted octanol–water partition coefficient (Wildman–Crippen LogP) is 6.59. The molecule has 2 aromatic heterocycles. The third kappa shape index (κ3) is 3.22. The van der Waals surface area contributed by atoms with Crippen LogP contribution in [-0.2, 0) is 13.4 Å². The van der Waals surface area contributed by atoms with Crippen molar-refractivity contribution < 1.29 is 20.0 Å². The summed E-state index contributed by atoms with van der Waals surface area (Å²) in [6, 6.07) is 9.93. The van der Waals surface area contributed by atoms with Gasteiger partial charge < -0.3 is 4.42 Å². The molecule has 0 aliphatic rings. The van der Waals surface area contributed by atoms with Crippen molar-refractivity contribution in [3.63, 3.8) is 0 Å². The number of fused-ring (bicyclic) bond motifs is 3. The number of hydrogen-bond donors (Lipinski definition) is 0. The second-order valence-corrected chi connectivity index (χ2v) is 8.42. The molecule has 0 spiro atoms. The minimum Gasteiger partial charge on any atom is -0.455 e. The fourth-order valence-corrected chi connectivity index (χ4v) is 3.69. The molecule has 0 amide bonds. The molecule has 2 heterocycles. The van der Waals surface area contributed by atoms with Crippen molar-refractivity contribution in [3.8, 4) is 11.3 Å². The highest BCUT2D eigenvalue weighted by atomic mass is 16.3. The number of furan rings is 1. The van der Waals surface area contributed by atoms with Crippen LogP contribution in [0, 0.1) is 26.0 Å². The van der Waals surface area contributed by atoms with Gasteiger partial charge in [-0.1, -0.05) is 39.0 Å². The predicted molar refractivity (Wildman–Crippen MR) is 118 cm³/mol. The summed E-state index contributed by atoms with van der Waals surface area (Å²) in [7, 11) is 1.85. The van der Waals surface area contributed by atoms with Gasteiger partial charge in [-0.3, -0.25) is 0 Å². The van der Waals surface area contributed by atoms with Gasteiger partial charge in [0.1, 0.15) is 18.2 Å².